The molecule has 2 aromatic carbocycles. The molecule has 0 saturated heterocycles. The number of ether oxygens (including phenoxy) is 1. The van der Waals surface area contributed by atoms with Gasteiger partial charge in [0, 0.05) is 0 Å². The molecule has 6 nitrogen and oxygen atoms in total. The lowest BCUT2D eigenvalue weighted by atomic mass is 10.2. The van der Waals surface area contributed by atoms with Crippen LogP contribution >= 0.6 is 11.8 Å². The topological polar surface area (TPSA) is 73.2 Å². The van der Waals surface area contributed by atoms with Crippen LogP contribution < -0.4 is 15.6 Å². The molecule has 3 aromatic rings. The van der Waals surface area contributed by atoms with Crippen molar-refractivity contribution in [3.05, 3.63) is 58.9 Å². The number of hydrogen-bond acceptors (Lipinski definition) is 5. The molecule has 7 heteroatoms. The minimum atomic E-state index is -0.230. The second-order valence-electron chi connectivity index (χ2n) is 5.49. The monoisotopic (exact) mass is 379 g/mol. The highest BCUT2D eigenvalue weighted by Crippen LogP contribution is 2.26. The summed E-state index contributed by atoms with van der Waals surface area (Å²) in [5.74, 6) is 2.75. The largest absolute Gasteiger partial charge is 0.495 e. The zero-order chi connectivity index (χ0) is 19.2. The van der Waals surface area contributed by atoms with Gasteiger partial charge in [-0.05, 0) is 24.3 Å². The van der Waals surface area contributed by atoms with E-state index in [0.29, 0.717) is 27.5 Å². The number of benzene rings is 2. The van der Waals surface area contributed by atoms with Gasteiger partial charge in [-0.25, -0.2) is 4.98 Å². The molecular formula is C20H17N3O3S. The normalized spacial score (nSPS) is 10.4. The second-order valence-corrected chi connectivity index (χ2v) is 6.44. The fraction of sp³-hybridized carbons (Fsp3) is 0.150. The van der Waals surface area contributed by atoms with E-state index in [1.165, 1.54) is 4.57 Å². The number of aromatic nitrogens is 2. The van der Waals surface area contributed by atoms with Gasteiger partial charge < -0.3 is 10.1 Å². The molecule has 27 heavy (non-hydrogen) atoms. The van der Waals surface area contributed by atoms with Crippen molar-refractivity contribution >= 4 is 28.6 Å². The van der Waals surface area contributed by atoms with Crippen molar-refractivity contribution in [2.75, 3.05) is 19.4 Å². The number of para-hydroxylation sites is 3. The van der Waals surface area contributed by atoms with Crippen LogP contribution in [0.15, 0.2) is 58.5 Å². The quantitative estimate of drug-likeness (QED) is 0.404. The van der Waals surface area contributed by atoms with Gasteiger partial charge in [0.05, 0.1) is 36.0 Å². The first-order valence-electron chi connectivity index (χ1n) is 8.14. The van der Waals surface area contributed by atoms with E-state index in [1.807, 2.05) is 18.2 Å². The van der Waals surface area contributed by atoms with Gasteiger partial charge in [0.15, 0.2) is 5.16 Å². The van der Waals surface area contributed by atoms with E-state index < -0.39 is 0 Å². The lowest BCUT2D eigenvalue weighted by Crippen LogP contribution is -2.27. The maximum absolute atomic E-state index is 13.2. The highest BCUT2D eigenvalue weighted by atomic mass is 32.2. The molecule has 0 bridgehead atoms. The third-order valence-corrected chi connectivity index (χ3v) is 4.73. The number of nitrogens with one attached hydrogen (secondary N) is 1. The third-order valence-electron chi connectivity index (χ3n) is 3.79. The predicted octanol–water partition coefficient (Wildman–Crippen LogP) is 2.24. The molecule has 136 valence electrons. The first-order valence-corrected chi connectivity index (χ1v) is 9.12. The molecule has 0 aliphatic rings. The van der Waals surface area contributed by atoms with Crippen molar-refractivity contribution in [3.8, 4) is 23.8 Å². The molecule has 0 saturated carbocycles. The number of methoxy groups -OCH3 is 1. The summed E-state index contributed by atoms with van der Waals surface area (Å²) >= 11 is 1.16. The van der Waals surface area contributed by atoms with Crippen molar-refractivity contribution in [1.82, 2.24) is 14.9 Å². The van der Waals surface area contributed by atoms with E-state index in [1.54, 1.807) is 37.4 Å². The van der Waals surface area contributed by atoms with Gasteiger partial charge in [0.25, 0.3) is 5.56 Å². The lowest BCUT2D eigenvalue weighted by Gasteiger charge is -2.15. The molecule has 0 atom stereocenters. The van der Waals surface area contributed by atoms with Gasteiger partial charge in [-0.1, -0.05) is 41.9 Å². The van der Waals surface area contributed by atoms with Crippen molar-refractivity contribution in [1.29, 1.82) is 0 Å². The van der Waals surface area contributed by atoms with E-state index in [9.17, 15) is 9.59 Å². The summed E-state index contributed by atoms with van der Waals surface area (Å²) in [7, 11) is 1.54. The van der Waals surface area contributed by atoms with Crippen LogP contribution in [-0.4, -0.2) is 34.9 Å². The second kappa shape index (κ2) is 8.43. The fourth-order valence-corrected chi connectivity index (χ4v) is 3.40. The summed E-state index contributed by atoms with van der Waals surface area (Å²) in [5.41, 5.74) is 0.909. The molecule has 3 rings (SSSR count). The van der Waals surface area contributed by atoms with Crippen molar-refractivity contribution in [3.63, 3.8) is 0 Å². The van der Waals surface area contributed by atoms with Crippen LogP contribution in [0.4, 0.5) is 0 Å². The molecular weight excluding hydrogens is 362 g/mol. The lowest BCUT2D eigenvalue weighted by molar-refractivity contribution is -0.118. The van der Waals surface area contributed by atoms with E-state index in [0.717, 1.165) is 11.8 Å². The first kappa shape index (κ1) is 18.5. The Balaban J connectivity index is 2.12. The Hall–Kier alpha value is -3.24. The minimum Gasteiger partial charge on any atom is -0.495 e. The number of carbonyl (C=O) groups excluding carboxylic acids is 1. The molecule has 0 fully saturated rings. The SMILES string of the molecule is C#CCNC(=O)CSc1nc2ccccc2c(=O)n1-c1ccccc1OC. The van der Waals surface area contributed by atoms with Gasteiger partial charge in [0.1, 0.15) is 5.75 Å². The van der Waals surface area contributed by atoms with Crippen LogP contribution in [0.25, 0.3) is 16.6 Å². The minimum absolute atomic E-state index is 0.0849. The standard InChI is InChI=1S/C20H17N3O3S/c1-3-12-21-18(24)13-27-20-22-15-9-5-4-8-14(15)19(25)23(20)16-10-6-7-11-17(16)26-2/h1,4-11H,12-13H2,2H3,(H,21,24). The van der Waals surface area contributed by atoms with Crippen molar-refractivity contribution in [2.45, 2.75) is 5.16 Å². The Bertz CT molecular complexity index is 1090. The number of thioether (sulfide) groups is 1. The molecule has 0 aliphatic carbocycles. The van der Waals surface area contributed by atoms with Gasteiger partial charge in [-0.15, -0.1) is 6.42 Å². The summed E-state index contributed by atoms with van der Waals surface area (Å²) in [5, 5.41) is 3.49. The van der Waals surface area contributed by atoms with Crippen LogP contribution in [0, 0.1) is 12.3 Å². The molecule has 0 unspecified atom stereocenters. The van der Waals surface area contributed by atoms with Crippen LogP contribution in [0.1, 0.15) is 0 Å². The van der Waals surface area contributed by atoms with Crippen LogP contribution in [0.2, 0.25) is 0 Å². The Kier molecular flexibility index (Phi) is 5.79. The Morgan fingerprint density at radius 3 is 2.78 bits per heavy atom. The molecule has 1 amide bonds. The summed E-state index contributed by atoms with van der Waals surface area (Å²) in [6.07, 6.45) is 5.16. The zero-order valence-electron chi connectivity index (χ0n) is 14.6. The van der Waals surface area contributed by atoms with Crippen molar-refractivity contribution < 1.29 is 9.53 Å². The Morgan fingerprint density at radius 2 is 2.00 bits per heavy atom. The van der Waals surface area contributed by atoms with Crippen LogP contribution in [-0.2, 0) is 4.79 Å². The van der Waals surface area contributed by atoms with Crippen molar-refractivity contribution in [2.24, 2.45) is 0 Å². The highest BCUT2D eigenvalue weighted by molar-refractivity contribution is 7.99. The zero-order valence-corrected chi connectivity index (χ0v) is 15.5. The predicted molar refractivity (Wildman–Crippen MR) is 106 cm³/mol. The van der Waals surface area contributed by atoms with Gasteiger partial charge in [0.2, 0.25) is 5.91 Å². The van der Waals surface area contributed by atoms with Gasteiger partial charge >= 0.3 is 0 Å². The van der Waals surface area contributed by atoms with E-state index in [4.69, 9.17) is 11.2 Å². The molecule has 1 N–H and O–H groups in total. The Labute approximate surface area is 160 Å². The van der Waals surface area contributed by atoms with E-state index in [-0.39, 0.29) is 23.8 Å². The number of rotatable bonds is 6. The fourth-order valence-electron chi connectivity index (χ4n) is 2.57. The third kappa shape index (κ3) is 3.96. The number of hydrogen-bond donors (Lipinski definition) is 1. The maximum Gasteiger partial charge on any atom is 0.266 e. The Morgan fingerprint density at radius 1 is 1.26 bits per heavy atom. The molecule has 0 spiro atoms. The average Bonchev–Trinajstić information content (AvgIpc) is 2.71. The molecule has 0 radical (unpaired) electrons. The average molecular weight is 379 g/mol. The molecule has 1 heterocycles. The van der Waals surface area contributed by atoms with Crippen LogP contribution in [0.3, 0.4) is 0 Å². The maximum atomic E-state index is 13.2. The number of terminal acetylenes is 1. The molecule has 0 aliphatic heterocycles. The van der Waals surface area contributed by atoms with E-state index >= 15 is 0 Å². The number of amides is 1. The highest BCUT2D eigenvalue weighted by Gasteiger charge is 2.17. The summed E-state index contributed by atoms with van der Waals surface area (Å²) < 4.78 is 6.87. The summed E-state index contributed by atoms with van der Waals surface area (Å²) in [4.78, 5) is 29.7. The first-order chi connectivity index (χ1) is 13.2. The smallest absolute Gasteiger partial charge is 0.266 e. The summed E-state index contributed by atoms with van der Waals surface area (Å²) in [6, 6.07) is 14.3. The molecule has 1 aromatic heterocycles. The number of fused-ring (bicyclic) bond motifs is 1. The van der Waals surface area contributed by atoms with Crippen LogP contribution in [0.5, 0.6) is 5.75 Å². The summed E-state index contributed by atoms with van der Waals surface area (Å²) in [6.45, 7) is 0.157. The van der Waals surface area contributed by atoms with Gasteiger partial charge in [-0.2, -0.15) is 0 Å². The number of nitrogens with zero attached hydrogens (tertiary/aromatic N) is 2. The number of carbonyl (C=O) groups is 1. The van der Waals surface area contributed by atoms with E-state index in [2.05, 4.69) is 16.2 Å². The van der Waals surface area contributed by atoms with Gasteiger partial charge in [-0.3, -0.25) is 14.2 Å².